The summed E-state index contributed by atoms with van der Waals surface area (Å²) in [6.45, 7) is 5.91. The molecule has 0 heterocycles. The fourth-order valence-corrected chi connectivity index (χ4v) is 1.64. The number of aliphatic hydroxyl groups excluding tert-OH is 1. The van der Waals surface area contributed by atoms with Crippen LogP contribution in [0.1, 0.15) is 20.8 Å². The number of nitro groups is 1. The van der Waals surface area contributed by atoms with Gasteiger partial charge in [0.1, 0.15) is 5.69 Å². The summed E-state index contributed by atoms with van der Waals surface area (Å²) in [5.74, 6) is 0.247. The van der Waals surface area contributed by atoms with Gasteiger partial charge in [0.15, 0.2) is 5.75 Å². The number of nitrogens with one attached hydrogen (secondary N) is 1. The van der Waals surface area contributed by atoms with E-state index in [4.69, 9.17) is 9.84 Å². The van der Waals surface area contributed by atoms with Crippen LogP contribution in [0.25, 0.3) is 0 Å². The predicted molar refractivity (Wildman–Crippen MR) is 73.6 cm³/mol. The molecule has 0 amide bonds. The van der Waals surface area contributed by atoms with Crippen molar-refractivity contribution >= 4 is 11.4 Å². The van der Waals surface area contributed by atoms with E-state index in [1.807, 2.05) is 13.8 Å². The van der Waals surface area contributed by atoms with Crippen LogP contribution < -0.4 is 10.1 Å². The van der Waals surface area contributed by atoms with E-state index < -0.39 is 4.92 Å². The molecular formula is C13H20N2O4. The van der Waals surface area contributed by atoms with Crippen LogP contribution >= 0.6 is 0 Å². The SMILES string of the molecule is CCOc1cccc(NC(C)C(C)CO)c1[N+](=O)[O-]. The second-order valence-corrected chi connectivity index (χ2v) is 4.44. The van der Waals surface area contributed by atoms with Crippen molar-refractivity contribution in [1.82, 2.24) is 0 Å². The molecule has 0 saturated carbocycles. The van der Waals surface area contributed by atoms with Crippen molar-refractivity contribution in [2.45, 2.75) is 26.8 Å². The first-order chi connectivity index (χ1) is 9.01. The summed E-state index contributed by atoms with van der Waals surface area (Å²) in [4.78, 5) is 10.7. The molecule has 0 fully saturated rings. The summed E-state index contributed by atoms with van der Waals surface area (Å²) in [5, 5.41) is 23.3. The quantitative estimate of drug-likeness (QED) is 0.586. The predicted octanol–water partition coefficient (Wildman–Crippen LogP) is 2.42. The highest BCUT2D eigenvalue weighted by molar-refractivity contribution is 5.68. The lowest BCUT2D eigenvalue weighted by molar-refractivity contribution is -0.385. The maximum absolute atomic E-state index is 11.2. The van der Waals surface area contributed by atoms with Crippen LogP contribution in [0, 0.1) is 16.0 Å². The highest BCUT2D eigenvalue weighted by Crippen LogP contribution is 2.35. The molecule has 0 spiro atoms. The second-order valence-electron chi connectivity index (χ2n) is 4.44. The van der Waals surface area contributed by atoms with Crippen molar-refractivity contribution in [2.24, 2.45) is 5.92 Å². The molecule has 0 aliphatic heterocycles. The Morgan fingerprint density at radius 3 is 2.68 bits per heavy atom. The minimum absolute atomic E-state index is 0.00430. The van der Waals surface area contributed by atoms with Gasteiger partial charge in [-0.1, -0.05) is 13.0 Å². The molecule has 0 saturated heterocycles. The summed E-state index contributed by atoms with van der Waals surface area (Å²) in [6, 6.07) is 4.84. The Morgan fingerprint density at radius 2 is 2.16 bits per heavy atom. The molecule has 6 heteroatoms. The molecule has 2 atom stereocenters. The number of nitrogens with zero attached hydrogens (tertiary/aromatic N) is 1. The molecule has 19 heavy (non-hydrogen) atoms. The maximum atomic E-state index is 11.2. The number of anilines is 1. The third-order valence-corrected chi connectivity index (χ3v) is 3.01. The average Bonchev–Trinajstić information content (AvgIpc) is 2.37. The molecule has 2 N–H and O–H groups in total. The molecule has 0 aliphatic carbocycles. The molecule has 0 aliphatic rings. The summed E-state index contributed by atoms with van der Waals surface area (Å²) < 4.78 is 5.28. The summed E-state index contributed by atoms with van der Waals surface area (Å²) in [5.41, 5.74) is 0.338. The first-order valence-corrected chi connectivity index (χ1v) is 6.28. The van der Waals surface area contributed by atoms with Crippen LogP contribution in [0.2, 0.25) is 0 Å². The van der Waals surface area contributed by atoms with Crippen molar-refractivity contribution < 1.29 is 14.8 Å². The fraction of sp³-hybridized carbons (Fsp3) is 0.538. The van der Waals surface area contributed by atoms with Crippen molar-refractivity contribution in [3.63, 3.8) is 0 Å². The number of hydrogen-bond acceptors (Lipinski definition) is 5. The van der Waals surface area contributed by atoms with E-state index in [1.165, 1.54) is 0 Å². The van der Waals surface area contributed by atoms with Gasteiger partial charge in [-0.25, -0.2) is 0 Å². The minimum atomic E-state index is -0.455. The number of aliphatic hydroxyl groups is 1. The summed E-state index contributed by atoms with van der Waals surface area (Å²) >= 11 is 0. The third-order valence-electron chi connectivity index (χ3n) is 3.01. The van der Waals surface area contributed by atoms with Crippen molar-refractivity contribution in [3.05, 3.63) is 28.3 Å². The molecule has 1 aromatic carbocycles. The van der Waals surface area contributed by atoms with Gasteiger partial charge in [0.2, 0.25) is 0 Å². The highest BCUT2D eigenvalue weighted by atomic mass is 16.6. The van der Waals surface area contributed by atoms with Crippen LogP contribution in [0.4, 0.5) is 11.4 Å². The van der Waals surface area contributed by atoms with Crippen LogP contribution in [-0.2, 0) is 0 Å². The van der Waals surface area contributed by atoms with E-state index in [9.17, 15) is 10.1 Å². The largest absolute Gasteiger partial charge is 0.487 e. The number of ether oxygens (including phenoxy) is 1. The van der Waals surface area contributed by atoms with Gasteiger partial charge in [-0.3, -0.25) is 10.1 Å². The lowest BCUT2D eigenvalue weighted by Gasteiger charge is -2.20. The lowest BCUT2D eigenvalue weighted by atomic mass is 10.0. The van der Waals surface area contributed by atoms with Crippen molar-refractivity contribution in [2.75, 3.05) is 18.5 Å². The lowest BCUT2D eigenvalue weighted by Crippen LogP contribution is -2.26. The Balaban J connectivity index is 3.06. The topological polar surface area (TPSA) is 84.6 Å². The first-order valence-electron chi connectivity index (χ1n) is 6.28. The van der Waals surface area contributed by atoms with Crippen LogP contribution in [-0.4, -0.2) is 29.3 Å². The van der Waals surface area contributed by atoms with Crippen LogP contribution in [0.15, 0.2) is 18.2 Å². The average molecular weight is 268 g/mol. The molecule has 0 bridgehead atoms. The van der Waals surface area contributed by atoms with E-state index >= 15 is 0 Å². The van der Waals surface area contributed by atoms with E-state index in [1.54, 1.807) is 25.1 Å². The van der Waals surface area contributed by atoms with E-state index in [0.717, 1.165) is 0 Å². The minimum Gasteiger partial charge on any atom is -0.487 e. The smallest absolute Gasteiger partial charge is 0.333 e. The highest BCUT2D eigenvalue weighted by Gasteiger charge is 2.23. The van der Waals surface area contributed by atoms with E-state index in [2.05, 4.69) is 5.32 Å². The van der Waals surface area contributed by atoms with E-state index in [-0.39, 0.29) is 30.0 Å². The molecule has 0 aromatic heterocycles. The third kappa shape index (κ3) is 3.82. The normalized spacial score (nSPS) is 13.7. The number of para-hydroxylation sites is 1. The monoisotopic (exact) mass is 268 g/mol. The van der Waals surface area contributed by atoms with Crippen molar-refractivity contribution in [3.8, 4) is 5.75 Å². The Labute approximate surface area is 112 Å². The van der Waals surface area contributed by atoms with Gasteiger partial charge in [-0.05, 0) is 31.9 Å². The standard InChI is InChI=1S/C13H20N2O4/c1-4-19-12-7-5-6-11(13(12)15(17)18)14-10(3)9(2)8-16/h5-7,9-10,14,16H,4,8H2,1-3H3. The Bertz CT molecular complexity index is 437. The fourth-order valence-electron chi connectivity index (χ4n) is 1.64. The molecule has 1 rings (SSSR count). The van der Waals surface area contributed by atoms with Gasteiger partial charge in [0.25, 0.3) is 0 Å². The number of benzene rings is 1. The number of hydrogen-bond donors (Lipinski definition) is 2. The van der Waals surface area contributed by atoms with Gasteiger partial charge in [0.05, 0.1) is 11.5 Å². The van der Waals surface area contributed by atoms with Gasteiger partial charge in [-0.2, -0.15) is 0 Å². The van der Waals surface area contributed by atoms with E-state index in [0.29, 0.717) is 12.3 Å². The maximum Gasteiger partial charge on any atom is 0.333 e. The van der Waals surface area contributed by atoms with Gasteiger partial charge >= 0.3 is 5.69 Å². The molecule has 0 radical (unpaired) electrons. The Morgan fingerprint density at radius 1 is 1.47 bits per heavy atom. The molecular weight excluding hydrogens is 248 g/mol. The summed E-state index contributed by atoms with van der Waals surface area (Å²) in [6.07, 6.45) is 0. The molecule has 6 nitrogen and oxygen atoms in total. The molecule has 1 aromatic rings. The zero-order valence-corrected chi connectivity index (χ0v) is 11.4. The number of nitro benzene ring substituents is 1. The van der Waals surface area contributed by atoms with Gasteiger partial charge < -0.3 is 15.2 Å². The molecule has 2 unspecified atom stereocenters. The first kappa shape index (κ1) is 15.2. The molecule has 106 valence electrons. The summed E-state index contributed by atoms with van der Waals surface area (Å²) in [7, 11) is 0. The van der Waals surface area contributed by atoms with Crippen molar-refractivity contribution in [1.29, 1.82) is 0 Å². The number of rotatable bonds is 7. The van der Waals surface area contributed by atoms with Crippen LogP contribution in [0.5, 0.6) is 5.75 Å². The zero-order chi connectivity index (χ0) is 14.4. The van der Waals surface area contributed by atoms with Gasteiger partial charge in [0, 0.05) is 12.6 Å². The van der Waals surface area contributed by atoms with Crippen LogP contribution in [0.3, 0.4) is 0 Å². The Kier molecular flexibility index (Phi) is 5.57. The zero-order valence-electron chi connectivity index (χ0n) is 11.4. The Hall–Kier alpha value is -1.82. The van der Waals surface area contributed by atoms with Gasteiger partial charge in [-0.15, -0.1) is 0 Å². The second kappa shape index (κ2) is 6.94.